The Hall–Kier alpha value is -3.19. The number of amides is 2. The van der Waals surface area contributed by atoms with Crippen molar-refractivity contribution in [1.29, 1.82) is 0 Å². The van der Waals surface area contributed by atoms with Crippen LogP contribution in [0.4, 0.5) is 0 Å². The molecule has 0 spiro atoms. The molecule has 0 unspecified atom stereocenters. The van der Waals surface area contributed by atoms with Gasteiger partial charge in [-0.05, 0) is 54.9 Å². The topological polar surface area (TPSA) is 79.5 Å². The van der Waals surface area contributed by atoms with Gasteiger partial charge in [0.1, 0.15) is 5.75 Å². The van der Waals surface area contributed by atoms with E-state index in [0.29, 0.717) is 19.4 Å². The monoisotopic (exact) mass is 397 g/mol. The highest BCUT2D eigenvalue weighted by atomic mass is 32.1. The molecule has 6 nitrogen and oxygen atoms in total. The molecule has 28 heavy (non-hydrogen) atoms. The smallest absolute Gasteiger partial charge is 0.250 e. The second-order valence-corrected chi connectivity index (χ2v) is 6.22. The van der Waals surface area contributed by atoms with Gasteiger partial charge < -0.3 is 4.74 Å². The van der Waals surface area contributed by atoms with Gasteiger partial charge in [-0.3, -0.25) is 25.8 Å². The standard InChI is InChI=1S/C21H23N3O3S/c1-2-27-18-12-8-17(9-13-18)10-14-19(25)22-21(28)24-23-20(26)15-11-16-6-4-3-5-7-16/h3-10,12-14H,2,11,15H2,1H3,(H,23,26)(H2,22,24,25,28)/b14-10+. The van der Waals surface area contributed by atoms with Crippen molar-refractivity contribution in [3.8, 4) is 5.75 Å². The van der Waals surface area contributed by atoms with Gasteiger partial charge in [0.15, 0.2) is 5.11 Å². The quantitative estimate of drug-likeness (QED) is 0.380. The van der Waals surface area contributed by atoms with Crippen LogP contribution in [-0.4, -0.2) is 23.5 Å². The lowest BCUT2D eigenvalue weighted by Crippen LogP contribution is -2.48. The average molecular weight is 398 g/mol. The molecule has 0 aliphatic rings. The molecule has 0 radical (unpaired) electrons. The van der Waals surface area contributed by atoms with E-state index < -0.39 is 5.91 Å². The summed E-state index contributed by atoms with van der Waals surface area (Å²) in [6.07, 6.45) is 3.95. The minimum absolute atomic E-state index is 0.0226. The first-order valence-electron chi connectivity index (χ1n) is 8.91. The van der Waals surface area contributed by atoms with E-state index in [2.05, 4.69) is 16.2 Å². The normalized spacial score (nSPS) is 10.3. The molecule has 0 saturated heterocycles. The van der Waals surface area contributed by atoms with Gasteiger partial charge in [0.2, 0.25) is 11.8 Å². The third-order valence-electron chi connectivity index (χ3n) is 3.65. The summed E-state index contributed by atoms with van der Waals surface area (Å²) in [6.45, 7) is 2.52. The number of carbonyl (C=O) groups excluding carboxylic acids is 2. The van der Waals surface area contributed by atoms with Crippen LogP contribution in [0.1, 0.15) is 24.5 Å². The molecule has 2 rings (SSSR count). The maximum Gasteiger partial charge on any atom is 0.250 e. The van der Waals surface area contributed by atoms with Crippen LogP contribution in [0, 0.1) is 0 Å². The van der Waals surface area contributed by atoms with E-state index in [0.717, 1.165) is 16.9 Å². The van der Waals surface area contributed by atoms with Crippen LogP contribution >= 0.6 is 12.2 Å². The van der Waals surface area contributed by atoms with Crippen LogP contribution in [0.2, 0.25) is 0 Å². The molecule has 0 aliphatic heterocycles. The van der Waals surface area contributed by atoms with Gasteiger partial charge in [0.25, 0.3) is 0 Å². The van der Waals surface area contributed by atoms with Gasteiger partial charge in [-0.15, -0.1) is 0 Å². The minimum atomic E-state index is -0.398. The first kappa shape index (κ1) is 21.1. The van der Waals surface area contributed by atoms with Crippen LogP contribution in [0.5, 0.6) is 5.75 Å². The average Bonchev–Trinajstić information content (AvgIpc) is 2.71. The third kappa shape index (κ3) is 8.01. The fourth-order valence-corrected chi connectivity index (χ4v) is 2.44. The molecule has 0 fully saturated rings. The fraction of sp³-hybridized carbons (Fsp3) is 0.190. The minimum Gasteiger partial charge on any atom is -0.494 e. The Bertz CT molecular complexity index is 821. The van der Waals surface area contributed by atoms with Crippen LogP contribution in [0.15, 0.2) is 60.7 Å². The van der Waals surface area contributed by atoms with Gasteiger partial charge >= 0.3 is 0 Å². The largest absolute Gasteiger partial charge is 0.494 e. The number of hydrazine groups is 1. The molecule has 7 heteroatoms. The zero-order valence-corrected chi connectivity index (χ0v) is 16.4. The van der Waals surface area contributed by atoms with E-state index in [9.17, 15) is 9.59 Å². The van der Waals surface area contributed by atoms with Gasteiger partial charge in [-0.2, -0.15) is 0 Å². The van der Waals surface area contributed by atoms with Crippen molar-refractivity contribution in [1.82, 2.24) is 16.2 Å². The Kier molecular flexibility index (Phi) is 8.68. The highest BCUT2D eigenvalue weighted by molar-refractivity contribution is 7.80. The first-order valence-corrected chi connectivity index (χ1v) is 9.32. The molecule has 0 aromatic heterocycles. The van der Waals surface area contributed by atoms with E-state index >= 15 is 0 Å². The van der Waals surface area contributed by atoms with E-state index in [-0.39, 0.29) is 11.0 Å². The molecule has 146 valence electrons. The van der Waals surface area contributed by atoms with Crippen LogP contribution in [0.25, 0.3) is 6.08 Å². The molecule has 0 heterocycles. The summed E-state index contributed by atoms with van der Waals surface area (Å²) in [7, 11) is 0. The van der Waals surface area contributed by atoms with Crippen molar-refractivity contribution >= 4 is 35.2 Å². The molecule has 0 bridgehead atoms. The van der Waals surface area contributed by atoms with Gasteiger partial charge in [-0.1, -0.05) is 42.5 Å². The zero-order valence-electron chi connectivity index (χ0n) is 15.6. The highest BCUT2D eigenvalue weighted by Gasteiger charge is 2.04. The van der Waals surface area contributed by atoms with Gasteiger partial charge in [-0.25, -0.2) is 0 Å². The summed E-state index contributed by atoms with van der Waals surface area (Å²) in [6, 6.07) is 17.1. The van der Waals surface area contributed by atoms with E-state index in [1.165, 1.54) is 6.08 Å². The molecule has 0 saturated carbocycles. The molecule has 2 aromatic rings. The molecule has 0 atom stereocenters. The Morgan fingerprint density at radius 2 is 1.75 bits per heavy atom. The maximum absolute atomic E-state index is 11.9. The lowest BCUT2D eigenvalue weighted by molar-refractivity contribution is -0.121. The summed E-state index contributed by atoms with van der Waals surface area (Å²) in [4.78, 5) is 23.7. The van der Waals surface area contributed by atoms with E-state index in [1.54, 1.807) is 6.08 Å². The summed E-state index contributed by atoms with van der Waals surface area (Å²) in [5.41, 5.74) is 6.92. The van der Waals surface area contributed by atoms with Crippen molar-refractivity contribution < 1.29 is 14.3 Å². The van der Waals surface area contributed by atoms with Crippen molar-refractivity contribution in [3.63, 3.8) is 0 Å². The molecular formula is C21H23N3O3S. The number of rotatable bonds is 7. The molecular weight excluding hydrogens is 374 g/mol. The number of aryl methyl sites for hydroxylation is 1. The Morgan fingerprint density at radius 3 is 2.43 bits per heavy atom. The zero-order chi connectivity index (χ0) is 20.2. The fourth-order valence-electron chi connectivity index (χ4n) is 2.29. The molecule has 2 amide bonds. The van der Waals surface area contributed by atoms with Gasteiger partial charge in [0, 0.05) is 12.5 Å². The summed E-state index contributed by atoms with van der Waals surface area (Å²) in [5.74, 6) is 0.160. The van der Waals surface area contributed by atoms with Crippen LogP contribution in [0.3, 0.4) is 0 Å². The Balaban J connectivity index is 1.68. The van der Waals surface area contributed by atoms with Crippen LogP contribution in [-0.2, 0) is 16.0 Å². The number of nitrogens with one attached hydrogen (secondary N) is 3. The van der Waals surface area contributed by atoms with Crippen molar-refractivity contribution in [2.45, 2.75) is 19.8 Å². The Labute approximate surface area is 169 Å². The maximum atomic E-state index is 11.9. The summed E-state index contributed by atoms with van der Waals surface area (Å²) in [5, 5.41) is 2.49. The van der Waals surface area contributed by atoms with E-state index in [1.807, 2.05) is 61.5 Å². The predicted molar refractivity (Wildman–Crippen MR) is 113 cm³/mol. The van der Waals surface area contributed by atoms with Gasteiger partial charge in [0.05, 0.1) is 6.61 Å². The number of carbonyl (C=O) groups is 2. The summed E-state index contributed by atoms with van der Waals surface area (Å²) < 4.78 is 5.36. The first-order chi connectivity index (χ1) is 13.6. The number of ether oxygens (including phenoxy) is 1. The third-order valence-corrected chi connectivity index (χ3v) is 3.86. The lowest BCUT2D eigenvalue weighted by Gasteiger charge is -2.09. The van der Waals surface area contributed by atoms with Crippen molar-refractivity contribution in [2.75, 3.05) is 6.61 Å². The molecule has 0 aliphatic carbocycles. The number of hydrogen-bond acceptors (Lipinski definition) is 4. The predicted octanol–water partition coefficient (Wildman–Crippen LogP) is 2.75. The second-order valence-electron chi connectivity index (χ2n) is 5.81. The number of thiocarbonyl (C=S) groups is 1. The lowest BCUT2D eigenvalue weighted by atomic mass is 10.1. The molecule has 3 N–H and O–H groups in total. The van der Waals surface area contributed by atoms with Crippen molar-refractivity contribution in [3.05, 3.63) is 71.8 Å². The van der Waals surface area contributed by atoms with Crippen LogP contribution < -0.4 is 20.9 Å². The molecule has 2 aromatic carbocycles. The highest BCUT2D eigenvalue weighted by Crippen LogP contribution is 2.12. The van der Waals surface area contributed by atoms with E-state index in [4.69, 9.17) is 17.0 Å². The van der Waals surface area contributed by atoms with Crippen molar-refractivity contribution in [2.24, 2.45) is 0 Å². The summed E-state index contributed by atoms with van der Waals surface area (Å²) >= 11 is 5.00. The number of hydrogen-bond donors (Lipinski definition) is 3. The SMILES string of the molecule is CCOc1ccc(/C=C/C(=O)NC(=S)NNC(=O)CCc2ccccc2)cc1. The number of benzene rings is 2. The second kappa shape index (κ2) is 11.5. The Morgan fingerprint density at radius 1 is 1.04 bits per heavy atom.